The summed E-state index contributed by atoms with van der Waals surface area (Å²) in [5.74, 6) is -0.0492. The van der Waals surface area contributed by atoms with Crippen LogP contribution in [0.4, 0.5) is 0 Å². The highest BCUT2D eigenvalue weighted by molar-refractivity contribution is 5.90. The number of nitrogens with one attached hydrogen (secondary N) is 1. The minimum absolute atomic E-state index is 0.0305. The number of benzene rings is 1. The molecule has 1 aliphatic heterocycles. The molecule has 1 aromatic rings. The number of carbonyl (C=O) groups excluding carboxylic acids is 2. The van der Waals surface area contributed by atoms with Crippen molar-refractivity contribution in [2.24, 2.45) is 11.7 Å². The maximum absolute atomic E-state index is 12.8. The number of carbonyl (C=O) groups is 2. The molecule has 0 unspecified atom stereocenters. The van der Waals surface area contributed by atoms with Crippen LogP contribution in [-0.4, -0.2) is 35.8 Å². The van der Waals surface area contributed by atoms with Gasteiger partial charge in [-0.15, -0.1) is 0 Å². The Morgan fingerprint density at radius 2 is 2.00 bits per heavy atom. The first-order valence-corrected chi connectivity index (χ1v) is 7.55. The van der Waals surface area contributed by atoms with Crippen LogP contribution in [0.1, 0.15) is 30.9 Å². The predicted octanol–water partition coefficient (Wildman–Crippen LogP) is 0.814. The summed E-state index contributed by atoms with van der Waals surface area (Å²) in [7, 11) is 0. The van der Waals surface area contributed by atoms with E-state index in [2.05, 4.69) is 5.32 Å². The van der Waals surface area contributed by atoms with E-state index in [0.29, 0.717) is 13.1 Å². The van der Waals surface area contributed by atoms with Gasteiger partial charge in [0.05, 0.1) is 0 Å². The van der Waals surface area contributed by atoms with Crippen molar-refractivity contribution >= 4 is 11.8 Å². The van der Waals surface area contributed by atoms with Crippen LogP contribution in [0.15, 0.2) is 30.3 Å². The molecule has 1 saturated carbocycles. The number of nitrogens with zero attached hydrogens (tertiary/aromatic N) is 1. The van der Waals surface area contributed by atoms with E-state index in [1.54, 1.807) is 4.90 Å². The average Bonchev–Trinajstić information content (AvgIpc) is 2.93. The summed E-state index contributed by atoms with van der Waals surface area (Å²) in [6.07, 6.45) is 2.46. The largest absolute Gasteiger partial charge is 0.352 e. The third-order valence-electron chi connectivity index (χ3n) is 4.43. The van der Waals surface area contributed by atoms with E-state index < -0.39 is 6.04 Å². The van der Waals surface area contributed by atoms with E-state index in [1.165, 1.54) is 0 Å². The first-order chi connectivity index (χ1) is 10.2. The van der Waals surface area contributed by atoms with Gasteiger partial charge in [-0.05, 0) is 24.8 Å². The minimum Gasteiger partial charge on any atom is -0.352 e. The Kier molecular flexibility index (Phi) is 3.92. The van der Waals surface area contributed by atoms with E-state index in [0.717, 1.165) is 24.8 Å². The van der Waals surface area contributed by atoms with Crippen LogP contribution >= 0.6 is 0 Å². The maximum atomic E-state index is 12.8. The molecule has 3 rings (SSSR count). The van der Waals surface area contributed by atoms with Gasteiger partial charge in [0.25, 0.3) is 0 Å². The van der Waals surface area contributed by atoms with Crippen molar-refractivity contribution < 1.29 is 9.59 Å². The summed E-state index contributed by atoms with van der Waals surface area (Å²) < 4.78 is 0. The second kappa shape index (κ2) is 5.85. The number of nitrogens with two attached hydrogens (primary N) is 1. The molecule has 0 bridgehead atoms. The van der Waals surface area contributed by atoms with Crippen molar-refractivity contribution in [2.75, 3.05) is 13.1 Å². The zero-order valence-corrected chi connectivity index (χ0v) is 12.0. The van der Waals surface area contributed by atoms with Gasteiger partial charge in [0.15, 0.2) is 0 Å². The van der Waals surface area contributed by atoms with Crippen molar-refractivity contribution in [2.45, 2.75) is 31.3 Å². The molecule has 112 valence electrons. The summed E-state index contributed by atoms with van der Waals surface area (Å²) in [4.78, 5) is 26.8. The molecule has 1 saturated heterocycles. The van der Waals surface area contributed by atoms with Crippen LogP contribution in [-0.2, 0) is 9.59 Å². The Hall–Kier alpha value is -1.88. The molecule has 5 heteroatoms. The summed E-state index contributed by atoms with van der Waals surface area (Å²) in [6.45, 7) is 1.09. The minimum atomic E-state index is -0.510. The molecule has 5 nitrogen and oxygen atoms in total. The fraction of sp³-hybridized carbons (Fsp3) is 0.500. The molecule has 2 fully saturated rings. The highest BCUT2D eigenvalue weighted by Gasteiger charge is 2.38. The summed E-state index contributed by atoms with van der Waals surface area (Å²) in [6, 6.07) is 9.10. The lowest BCUT2D eigenvalue weighted by Crippen LogP contribution is -2.53. The van der Waals surface area contributed by atoms with E-state index in [-0.39, 0.29) is 23.8 Å². The first kappa shape index (κ1) is 14.1. The van der Waals surface area contributed by atoms with Gasteiger partial charge in [0, 0.05) is 25.0 Å². The summed E-state index contributed by atoms with van der Waals surface area (Å²) >= 11 is 0. The molecule has 3 atom stereocenters. The Bertz CT molecular complexity index is 532. The Morgan fingerprint density at radius 3 is 2.67 bits per heavy atom. The van der Waals surface area contributed by atoms with Crippen molar-refractivity contribution in [1.29, 1.82) is 0 Å². The van der Waals surface area contributed by atoms with E-state index in [1.807, 2.05) is 30.3 Å². The number of amides is 2. The van der Waals surface area contributed by atoms with Gasteiger partial charge in [-0.2, -0.15) is 0 Å². The van der Waals surface area contributed by atoms with Gasteiger partial charge in [0.1, 0.15) is 6.04 Å². The van der Waals surface area contributed by atoms with Crippen LogP contribution in [0.5, 0.6) is 0 Å². The summed E-state index contributed by atoms with van der Waals surface area (Å²) in [5.41, 5.74) is 6.78. The van der Waals surface area contributed by atoms with E-state index >= 15 is 0 Å². The Morgan fingerprint density at radius 1 is 1.24 bits per heavy atom. The van der Waals surface area contributed by atoms with Crippen molar-refractivity contribution in [3.8, 4) is 0 Å². The van der Waals surface area contributed by atoms with Crippen LogP contribution in [0.2, 0.25) is 0 Å². The maximum Gasteiger partial charge on any atom is 0.247 e. The Labute approximate surface area is 124 Å². The zero-order chi connectivity index (χ0) is 14.8. The number of hydrogen-bond donors (Lipinski definition) is 2. The number of hydrogen-bond acceptors (Lipinski definition) is 3. The van der Waals surface area contributed by atoms with E-state index in [4.69, 9.17) is 5.73 Å². The molecule has 3 N–H and O–H groups in total. The molecule has 1 heterocycles. The molecule has 0 radical (unpaired) electrons. The number of piperazine rings is 1. The highest BCUT2D eigenvalue weighted by Crippen LogP contribution is 2.31. The molecule has 2 amide bonds. The highest BCUT2D eigenvalue weighted by atomic mass is 16.2. The monoisotopic (exact) mass is 287 g/mol. The van der Waals surface area contributed by atoms with Gasteiger partial charge in [-0.25, -0.2) is 0 Å². The zero-order valence-electron chi connectivity index (χ0n) is 12.0. The normalized spacial score (nSPS) is 29.3. The molecular formula is C16H21N3O2. The smallest absolute Gasteiger partial charge is 0.247 e. The lowest BCUT2D eigenvalue weighted by molar-refractivity contribution is -0.146. The van der Waals surface area contributed by atoms with Gasteiger partial charge >= 0.3 is 0 Å². The lowest BCUT2D eigenvalue weighted by atomic mass is 9.98. The Balaban J connectivity index is 1.84. The van der Waals surface area contributed by atoms with Gasteiger partial charge in [0.2, 0.25) is 11.8 Å². The second-order valence-electron chi connectivity index (χ2n) is 5.91. The van der Waals surface area contributed by atoms with Crippen LogP contribution in [0.25, 0.3) is 0 Å². The van der Waals surface area contributed by atoms with Gasteiger partial charge in [-0.3, -0.25) is 9.59 Å². The van der Waals surface area contributed by atoms with Crippen LogP contribution in [0, 0.1) is 5.92 Å². The van der Waals surface area contributed by atoms with Crippen molar-refractivity contribution in [3.05, 3.63) is 35.9 Å². The second-order valence-corrected chi connectivity index (χ2v) is 5.91. The third kappa shape index (κ3) is 2.78. The molecule has 1 aromatic carbocycles. The molecular weight excluding hydrogens is 266 g/mol. The first-order valence-electron chi connectivity index (χ1n) is 7.55. The molecule has 0 spiro atoms. The molecule has 1 aliphatic carbocycles. The van der Waals surface area contributed by atoms with E-state index in [9.17, 15) is 9.59 Å². The topological polar surface area (TPSA) is 75.4 Å². The van der Waals surface area contributed by atoms with Crippen LogP contribution in [0.3, 0.4) is 0 Å². The fourth-order valence-electron chi connectivity index (χ4n) is 3.35. The summed E-state index contributed by atoms with van der Waals surface area (Å²) in [5, 5.41) is 2.86. The predicted molar refractivity (Wildman–Crippen MR) is 79.2 cm³/mol. The van der Waals surface area contributed by atoms with Crippen molar-refractivity contribution in [3.63, 3.8) is 0 Å². The quantitative estimate of drug-likeness (QED) is 0.845. The van der Waals surface area contributed by atoms with Gasteiger partial charge < -0.3 is 16.0 Å². The number of rotatable bonds is 2. The van der Waals surface area contributed by atoms with Crippen molar-refractivity contribution in [1.82, 2.24) is 10.2 Å². The van der Waals surface area contributed by atoms with Crippen LogP contribution < -0.4 is 11.1 Å². The molecule has 21 heavy (non-hydrogen) atoms. The average molecular weight is 287 g/mol. The lowest BCUT2D eigenvalue weighted by Gasteiger charge is -2.36. The molecule has 0 aromatic heterocycles. The van der Waals surface area contributed by atoms with Gasteiger partial charge in [-0.1, -0.05) is 30.3 Å². The standard InChI is InChI=1S/C16H21N3O2/c17-13-7-6-12(10-13)16(21)19-9-8-18-15(20)14(19)11-4-2-1-3-5-11/h1-5,12-14H,6-10,17H2,(H,18,20)/t12-,13+,14-/m0/s1. The fourth-order valence-corrected chi connectivity index (χ4v) is 3.35. The molecule has 2 aliphatic rings. The third-order valence-corrected chi connectivity index (χ3v) is 4.43. The SMILES string of the molecule is N[C@@H]1CC[C@H](C(=O)N2CCNC(=O)[C@@H]2c2ccccc2)C1.